The van der Waals surface area contributed by atoms with Crippen molar-refractivity contribution < 1.29 is 14.3 Å². The molecule has 0 bridgehead atoms. The van der Waals surface area contributed by atoms with E-state index in [1.54, 1.807) is 25.6 Å². The highest BCUT2D eigenvalue weighted by atomic mass is 32.1. The van der Waals surface area contributed by atoms with Crippen molar-refractivity contribution in [3.8, 4) is 11.5 Å². The summed E-state index contributed by atoms with van der Waals surface area (Å²) < 4.78 is 10.7. The van der Waals surface area contributed by atoms with Crippen molar-refractivity contribution in [1.29, 1.82) is 0 Å². The van der Waals surface area contributed by atoms with Crippen LogP contribution in [0.15, 0.2) is 24.3 Å². The van der Waals surface area contributed by atoms with E-state index in [9.17, 15) is 4.79 Å². The maximum absolute atomic E-state index is 13.0. The Bertz CT molecular complexity index is 753. The molecule has 0 radical (unpaired) electrons. The number of nitrogens with zero attached hydrogens (tertiary/aromatic N) is 1. The van der Waals surface area contributed by atoms with Crippen LogP contribution in [0.2, 0.25) is 0 Å². The van der Waals surface area contributed by atoms with Crippen LogP contribution in [0, 0.1) is 13.8 Å². The van der Waals surface area contributed by atoms with E-state index in [4.69, 9.17) is 9.47 Å². The summed E-state index contributed by atoms with van der Waals surface area (Å²) in [7, 11) is 3.27. The van der Waals surface area contributed by atoms with Crippen molar-refractivity contribution in [2.75, 3.05) is 20.8 Å². The Morgan fingerprint density at radius 1 is 1.17 bits per heavy atom. The van der Waals surface area contributed by atoms with Gasteiger partial charge in [-0.3, -0.25) is 4.79 Å². The highest BCUT2D eigenvalue weighted by Gasteiger charge is 2.32. The van der Waals surface area contributed by atoms with E-state index in [1.807, 2.05) is 43.0 Å². The fraction of sp³-hybridized carbons (Fsp3) is 0.421. The van der Waals surface area contributed by atoms with Gasteiger partial charge in [-0.2, -0.15) is 0 Å². The zero-order valence-corrected chi connectivity index (χ0v) is 15.4. The highest BCUT2D eigenvalue weighted by molar-refractivity contribution is 7.12. The van der Waals surface area contributed by atoms with Gasteiger partial charge in [0, 0.05) is 16.3 Å². The third kappa shape index (κ3) is 3.00. The number of likely N-dealkylation sites (tertiary alicyclic amines) is 1. The molecule has 1 unspecified atom stereocenters. The quantitative estimate of drug-likeness (QED) is 0.826. The molecule has 1 aromatic heterocycles. The van der Waals surface area contributed by atoms with Crippen LogP contribution in [0.3, 0.4) is 0 Å². The van der Waals surface area contributed by atoms with E-state index < -0.39 is 0 Å². The fourth-order valence-electron chi connectivity index (χ4n) is 3.41. The second kappa shape index (κ2) is 6.85. The molecule has 5 heteroatoms. The second-order valence-corrected chi connectivity index (χ2v) is 7.56. The minimum atomic E-state index is 0.0944. The van der Waals surface area contributed by atoms with Gasteiger partial charge in [0.1, 0.15) is 0 Å². The minimum Gasteiger partial charge on any atom is -0.493 e. The molecule has 4 nitrogen and oxygen atoms in total. The molecule has 1 aromatic carbocycles. The second-order valence-electron chi connectivity index (χ2n) is 6.10. The first-order valence-electron chi connectivity index (χ1n) is 8.15. The maximum atomic E-state index is 13.0. The molecule has 1 atom stereocenters. The summed E-state index contributed by atoms with van der Waals surface area (Å²) in [6, 6.07) is 8.03. The first kappa shape index (κ1) is 16.8. The van der Waals surface area contributed by atoms with Crippen LogP contribution in [0.1, 0.15) is 44.6 Å². The molecule has 1 amide bonds. The molecule has 0 saturated carbocycles. The normalized spacial score (nSPS) is 17.2. The zero-order valence-electron chi connectivity index (χ0n) is 14.6. The van der Waals surface area contributed by atoms with E-state index in [-0.39, 0.29) is 11.9 Å². The number of hydrogen-bond acceptors (Lipinski definition) is 4. The van der Waals surface area contributed by atoms with Crippen molar-refractivity contribution >= 4 is 17.2 Å². The third-order valence-corrected chi connectivity index (χ3v) is 5.54. The molecule has 1 saturated heterocycles. The topological polar surface area (TPSA) is 38.8 Å². The van der Waals surface area contributed by atoms with Crippen LogP contribution in [-0.2, 0) is 0 Å². The summed E-state index contributed by atoms with van der Waals surface area (Å²) in [6.45, 7) is 4.86. The number of aryl methyl sites for hydroxylation is 2. The Balaban J connectivity index is 1.91. The number of carbonyl (C=O) groups excluding carboxylic acids is 1. The number of methoxy groups -OCH3 is 2. The maximum Gasteiger partial charge on any atom is 0.255 e. The molecule has 1 fully saturated rings. The molecule has 24 heavy (non-hydrogen) atoms. The Kier molecular flexibility index (Phi) is 4.81. The Morgan fingerprint density at radius 2 is 1.92 bits per heavy atom. The lowest BCUT2D eigenvalue weighted by atomic mass is 10.0. The molecule has 2 aromatic rings. The Morgan fingerprint density at radius 3 is 2.54 bits per heavy atom. The van der Waals surface area contributed by atoms with Crippen LogP contribution in [0.25, 0.3) is 0 Å². The minimum absolute atomic E-state index is 0.0944. The lowest BCUT2D eigenvalue weighted by Crippen LogP contribution is -2.30. The van der Waals surface area contributed by atoms with Crippen molar-refractivity contribution in [3.63, 3.8) is 0 Å². The Hall–Kier alpha value is -2.01. The predicted molar refractivity (Wildman–Crippen MR) is 96.4 cm³/mol. The number of thiophene rings is 1. The number of hydrogen-bond donors (Lipinski definition) is 0. The van der Waals surface area contributed by atoms with Crippen molar-refractivity contribution in [3.05, 3.63) is 45.1 Å². The lowest BCUT2D eigenvalue weighted by Gasteiger charge is -2.25. The average Bonchev–Trinajstić information content (AvgIpc) is 3.19. The van der Waals surface area contributed by atoms with Crippen molar-refractivity contribution in [1.82, 2.24) is 4.90 Å². The summed E-state index contributed by atoms with van der Waals surface area (Å²) in [5, 5.41) is 0. The molecular formula is C19H23NO3S. The van der Waals surface area contributed by atoms with Crippen LogP contribution >= 0.6 is 11.3 Å². The van der Waals surface area contributed by atoms with Crippen LogP contribution < -0.4 is 9.47 Å². The smallest absolute Gasteiger partial charge is 0.255 e. The molecule has 1 aliphatic rings. The first-order valence-corrected chi connectivity index (χ1v) is 8.96. The van der Waals surface area contributed by atoms with Crippen LogP contribution in [0.5, 0.6) is 11.5 Å². The van der Waals surface area contributed by atoms with Gasteiger partial charge in [0.05, 0.1) is 25.8 Å². The Labute approximate surface area is 147 Å². The molecular weight excluding hydrogens is 322 g/mol. The van der Waals surface area contributed by atoms with E-state index >= 15 is 0 Å². The number of carbonyl (C=O) groups is 1. The largest absolute Gasteiger partial charge is 0.493 e. The van der Waals surface area contributed by atoms with Gasteiger partial charge in [-0.15, -0.1) is 11.3 Å². The van der Waals surface area contributed by atoms with Gasteiger partial charge >= 0.3 is 0 Å². The van der Waals surface area contributed by atoms with Gasteiger partial charge in [0.2, 0.25) is 0 Å². The van der Waals surface area contributed by atoms with E-state index in [0.29, 0.717) is 11.5 Å². The van der Waals surface area contributed by atoms with Crippen LogP contribution in [0.4, 0.5) is 0 Å². The fourth-order valence-corrected chi connectivity index (χ4v) is 4.33. The van der Waals surface area contributed by atoms with Gasteiger partial charge in [-0.1, -0.05) is 6.07 Å². The van der Waals surface area contributed by atoms with Gasteiger partial charge in [-0.25, -0.2) is 0 Å². The summed E-state index contributed by atoms with van der Waals surface area (Å²) in [6.07, 6.45) is 2.00. The standard InChI is InChI=1S/C19H23NO3S/c1-12-10-15(13(2)24-12)19(21)20-9-5-6-16(20)14-7-8-17(22-3)18(11-14)23-4/h7-8,10-11,16H,5-6,9H2,1-4H3. The lowest BCUT2D eigenvalue weighted by molar-refractivity contribution is 0.0735. The van der Waals surface area contributed by atoms with Gasteiger partial charge < -0.3 is 14.4 Å². The summed E-state index contributed by atoms with van der Waals surface area (Å²) in [5.74, 6) is 1.55. The summed E-state index contributed by atoms with van der Waals surface area (Å²) >= 11 is 1.68. The summed E-state index contributed by atoms with van der Waals surface area (Å²) in [5.41, 5.74) is 1.94. The monoisotopic (exact) mass is 345 g/mol. The van der Waals surface area contributed by atoms with E-state index in [0.717, 1.165) is 35.4 Å². The molecule has 128 valence electrons. The first-order chi connectivity index (χ1) is 11.5. The molecule has 2 heterocycles. The van der Waals surface area contributed by atoms with Gasteiger partial charge in [0.25, 0.3) is 5.91 Å². The summed E-state index contributed by atoms with van der Waals surface area (Å²) in [4.78, 5) is 17.3. The molecule has 1 aliphatic heterocycles. The number of amides is 1. The van der Waals surface area contributed by atoms with Crippen molar-refractivity contribution in [2.24, 2.45) is 0 Å². The predicted octanol–water partition coefficient (Wildman–Crippen LogP) is 4.36. The SMILES string of the molecule is COc1ccc(C2CCCN2C(=O)c2cc(C)sc2C)cc1OC. The van der Waals surface area contributed by atoms with Gasteiger partial charge in [0.15, 0.2) is 11.5 Å². The van der Waals surface area contributed by atoms with E-state index in [2.05, 4.69) is 0 Å². The highest BCUT2D eigenvalue weighted by Crippen LogP contribution is 2.38. The molecule has 3 rings (SSSR count). The van der Waals surface area contributed by atoms with Crippen molar-refractivity contribution in [2.45, 2.75) is 32.7 Å². The average molecular weight is 345 g/mol. The number of benzene rings is 1. The zero-order chi connectivity index (χ0) is 17.3. The van der Waals surface area contributed by atoms with E-state index in [1.165, 1.54) is 4.88 Å². The third-order valence-electron chi connectivity index (χ3n) is 4.58. The number of rotatable bonds is 4. The molecule has 0 N–H and O–H groups in total. The van der Waals surface area contributed by atoms with Crippen LogP contribution in [-0.4, -0.2) is 31.6 Å². The number of ether oxygens (including phenoxy) is 2. The molecule has 0 aliphatic carbocycles. The van der Waals surface area contributed by atoms with Gasteiger partial charge in [-0.05, 0) is 50.5 Å². The molecule has 0 spiro atoms.